The fraction of sp³-hybridized carbons (Fsp3) is 0.389. The standard InChI is InChI=1S/C18H23N4/c1-15-5-6-18(14-20-15)21-17-4-2-3-16(13-17)7-10-22-11-8-19-9-12-22/h2-6,13-14,19H,7-12H2,1H3. The summed E-state index contributed by atoms with van der Waals surface area (Å²) >= 11 is 0. The van der Waals surface area contributed by atoms with Gasteiger partial charge in [0.25, 0.3) is 0 Å². The predicted octanol–water partition coefficient (Wildman–Crippen LogP) is 2.41. The topological polar surface area (TPSA) is 42.3 Å². The van der Waals surface area contributed by atoms with Gasteiger partial charge in [-0.05, 0) is 43.2 Å². The quantitative estimate of drug-likeness (QED) is 0.921. The zero-order chi connectivity index (χ0) is 15.2. The van der Waals surface area contributed by atoms with Crippen LogP contribution in [0.1, 0.15) is 11.3 Å². The molecule has 3 rings (SSSR count). The van der Waals surface area contributed by atoms with E-state index in [1.807, 2.05) is 31.3 Å². The molecule has 4 heteroatoms. The molecule has 1 aliphatic heterocycles. The lowest BCUT2D eigenvalue weighted by Crippen LogP contribution is -2.44. The lowest BCUT2D eigenvalue weighted by Gasteiger charge is -2.27. The smallest absolute Gasteiger partial charge is 0.0820 e. The Hall–Kier alpha value is -1.91. The van der Waals surface area contributed by atoms with Crippen molar-refractivity contribution in [2.24, 2.45) is 0 Å². The van der Waals surface area contributed by atoms with E-state index in [1.54, 1.807) is 0 Å². The van der Waals surface area contributed by atoms with Gasteiger partial charge < -0.3 is 10.2 Å². The van der Waals surface area contributed by atoms with Crippen LogP contribution in [0, 0.1) is 6.92 Å². The van der Waals surface area contributed by atoms with Gasteiger partial charge in [-0.2, -0.15) is 0 Å². The second-order valence-corrected chi connectivity index (χ2v) is 5.78. The zero-order valence-electron chi connectivity index (χ0n) is 13.1. The summed E-state index contributed by atoms with van der Waals surface area (Å²) in [5.74, 6) is 0. The van der Waals surface area contributed by atoms with Crippen molar-refractivity contribution in [2.75, 3.05) is 32.7 Å². The lowest BCUT2D eigenvalue weighted by atomic mass is 10.1. The number of benzene rings is 1. The van der Waals surface area contributed by atoms with Crippen LogP contribution < -0.4 is 10.6 Å². The number of hydrogen-bond acceptors (Lipinski definition) is 3. The molecule has 1 fully saturated rings. The van der Waals surface area contributed by atoms with Crippen LogP contribution in [0.5, 0.6) is 0 Å². The maximum absolute atomic E-state index is 4.65. The highest BCUT2D eigenvalue weighted by molar-refractivity contribution is 5.49. The third-order valence-electron chi connectivity index (χ3n) is 3.99. The number of aryl methyl sites for hydroxylation is 1. The summed E-state index contributed by atoms with van der Waals surface area (Å²) in [5, 5.41) is 8.04. The maximum atomic E-state index is 4.65. The Morgan fingerprint density at radius 1 is 1.14 bits per heavy atom. The van der Waals surface area contributed by atoms with Crippen molar-refractivity contribution >= 4 is 11.4 Å². The monoisotopic (exact) mass is 295 g/mol. The molecule has 1 N–H and O–H groups in total. The molecular weight excluding hydrogens is 272 g/mol. The van der Waals surface area contributed by atoms with E-state index < -0.39 is 0 Å². The van der Waals surface area contributed by atoms with E-state index >= 15 is 0 Å². The normalized spacial score (nSPS) is 15.7. The van der Waals surface area contributed by atoms with Crippen molar-refractivity contribution in [2.45, 2.75) is 13.3 Å². The summed E-state index contributed by atoms with van der Waals surface area (Å²) in [4.78, 5) is 6.81. The van der Waals surface area contributed by atoms with E-state index in [-0.39, 0.29) is 0 Å². The van der Waals surface area contributed by atoms with Gasteiger partial charge >= 0.3 is 0 Å². The average molecular weight is 295 g/mol. The molecule has 0 saturated carbocycles. The minimum atomic E-state index is 0.907. The number of rotatable bonds is 5. The summed E-state index contributed by atoms with van der Waals surface area (Å²) < 4.78 is 0. The number of nitrogens with one attached hydrogen (secondary N) is 1. The van der Waals surface area contributed by atoms with Gasteiger partial charge in [0.05, 0.1) is 17.6 Å². The first-order chi connectivity index (χ1) is 10.8. The molecule has 22 heavy (non-hydrogen) atoms. The molecule has 115 valence electrons. The van der Waals surface area contributed by atoms with E-state index in [2.05, 4.69) is 38.7 Å². The highest BCUT2D eigenvalue weighted by Gasteiger charge is 2.09. The summed E-state index contributed by atoms with van der Waals surface area (Å²) in [6, 6.07) is 12.5. The number of piperazine rings is 1. The molecule has 0 unspecified atom stereocenters. The van der Waals surface area contributed by atoms with Gasteiger partial charge in [-0.25, -0.2) is 5.32 Å². The van der Waals surface area contributed by atoms with Gasteiger partial charge in [-0.1, -0.05) is 12.1 Å². The fourth-order valence-corrected chi connectivity index (χ4v) is 2.68. The molecule has 0 amide bonds. The second kappa shape index (κ2) is 7.38. The Labute approximate surface area is 132 Å². The third-order valence-corrected chi connectivity index (χ3v) is 3.99. The van der Waals surface area contributed by atoms with Crippen LogP contribution in [0.2, 0.25) is 0 Å². The van der Waals surface area contributed by atoms with Gasteiger partial charge in [-0.3, -0.25) is 4.98 Å². The van der Waals surface area contributed by atoms with Gasteiger partial charge in [0.2, 0.25) is 0 Å². The summed E-state index contributed by atoms with van der Waals surface area (Å²) in [7, 11) is 0. The summed E-state index contributed by atoms with van der Waals surface area (Å²) in [6.07, 6.45) is 2.90. The Morgan fingerprint density at radius 2 is 2.00 bits per heavy atom. The van der Waals surface area contributed by atoms with Gasteiger partial charge in [-0.15, -0.1) is 0 Å². The zero-order valence-corrected chi connectivity index (χ0v) is 13.1. The highest BCUT2D eigenvalue weighted by Crippen LogP contribution is 2.18. The Balaban J connectivity index is 1.58. The van der Waals surface area contributed by atoms with Crippen LogP contribution in [-0.4, -0.2) is 42.6 Å². The van der Waals surface area contributed by atoms with Crippen molar-refractivity contribution in [3.05, 3.63) is 53.9 Å². The first kappa shape index (κ1) is 15.0. The lowest BCUT2D eigenvalue weighted by molar-refractivity contribution is 0.244. The molecule has 0 bridgehead atoms. The summed E-state index contributed by atoms with van der Waals surface area (Å²) in [5.41, 5.74) is 4.27. The molecular formula is C18H23N4. The Kier molecular flexibility index (Phi) is 5.03. The Bertz CT molecular complexity index is 588. The van der Waals surface area contributed by atoms with E-state index in [9.17, 15) is 0 Å². The highest BCUT2D eigenvalue weighted by atomic mass is 15.2. The Morgan fingerprint density at radius 3 is 2.77 bits per heavy atom. The molecule has 0 aliphatic carbocycles. The minimum Gasteiger partial charge on any atom is -0.314 e. The first-order valence-corrected chi connectivity index (χ1v) is 7.96. The van der Waals surface area contributed by atoms with Crippen molar-refractivity contribution in [3.63, 3.8) is 0 Å². The van der Waals surface area contributed by atoms with Crippen LogP contribution in [0.15, 0.2) is 42.6 Å². The van der Waals surface area contributed by atoms with E-state index in [4.69, 9.17) is 0 Å². The molecule has 1 radical (unpaired) electrons. The van der Waals surface area contributed by atoms with Gasteiger partial charge in [0, 0.05) is 38.4 Å². The maximum Gasteiger partial charge on any atom is 0.0820 e. The summed E-state index contributed by atoms with van der Waals surface area (Å²) in [6.45, 7) is 7.63. The molecule has 1 saturated heterocycles. The largest absolute Gasteiger partial charge is 0.314 e. The van der Waals surface area contributed by atoms with Crippen LogP contribution in [0.3, 0.4) is 0 Å². The van der Waals surface area contributed by atoms with Crippen LogP contribution >= 0.6 is 0 Å². The van der Waals surface area contributed by atoms with Crippen molar-refractivity contribution in [3.8, 4) is 0 Å². The first-order valence-electron chi connectivity index (χ1n) is 7.96. The number of aromatic nitrogens is 1. The molecule has 0 spiro atoms. The van der Waals surface area contributed by atoms with Crippen molar-refractivity contribution < 1.29 is 0 Å². The fourth-order valence-electron chi connectivity index (χ4n) is 2.68. The number of pyridine rings is 1. The van der Waals surface area contributed by atoms with Crippen molar-refractivity contribution in [1.29, 1.82) is 0 Å². The van der Waals surface area contributed by atoms with Crippen LogP contribution in [-0.2, 0) is 6.42 Å². The number of nitrogens with zero attached hydrogens (tertiary/aromatic N) is 3. The van der Waals surface area contributed by atoms with Crippen LogP contribution in [0.4, 0.5) is 11.4 Å². The molecule has 4 nitrogen and oxygen atoms in total. The predicted molar refractivity (Wildman–Crippen MR) is 89.9 cm³/mol. The minimum absolute atomic E-state index is 0.907. The molecule has 0 atom stereocenters. The number of hydrogen-bond donors (Lipinski definition) is 1. The SMILES string of the molecule is Cc1ccc([N]c2cccc(CCN3CCNCC3)c2)cn1. The molecule has 1 aliphatic rings. The van der Waals surface area contributed by atoms with E-state index in [1.165, 1.54) is 5.56 Å². The van der Waals surface area contributed by atoms with Crippen molar-refractivity contribution in [1.82, 2.24) is 20.5 Å². The third kappa shape index (κ3) is 4.29. The van der Waals surface area contributed by atoms with Gasteiger partial charge in [0.15, 0.2) is 0 Å². The molecule has 2 heterocycles. The van der Waals surface area contributed by atoms with E-state index in [0.717, 1.165) is 56.2 Å². The van der Waals surface area contributed by atoms with Crippen LogP contribution in [0.25, 0.3) is 0 Å². The molecule has 2 aromatic rings. The molecule has 1 aromatic heterocycles. The molecule has 1 aromatic carbocycles. The average Bonchev–Trinajstić information content (AvgIpc) is 2.57. The van der Waals surface area contributed by atoms with Gasteiger partial charge in [0.1, 0.15) is 0 Å². The van der Waals surface area contributed by atoms with E-state index in [0.29, 0.717) is 0 Å². The second-order valence-electron chi connectivity index (χ2n) is 5.78.